The summed E-state index contributed by atoms with van der Waals surface area (Å²) in [5.41, 5.74) is -0.208. The summed E-state index contributed by atoms with van der Waals surface area (Å²) in [7, 11) is 0. The number of nitriles is 1. The highest BCUT2D eigenvalue weighted by Gasteiger charge is 2.70. The summed E-state index contributed by atoms with van der Waals surface area (Å²) in [5, 5.41) is 18.7. The van der Waals surface area contributed by atoms with Crippen LogP contribution in [0.5, 0.6) is 0 Å². The first-order valence-electron chi connectivity index (χ1n) is 12.5. The molecule has 1 saturated heterocycles. The lowest BCUT2D eigenvalue weighted by atomic mass is 9.85. The molecule has 0 bridgehead atoms. The number of rotatable bonds is 6. The lowest BCUT2D eigenvalue weighted by Gasteiger charge is -2.37. The highest BCUT2D eigenvalue weighted by atomic mass is 19.4. The maximum absolute atomic E-state index is 13.6. The smallest absolute Gasteiger partial charge is 0.338 e. The van der Waals surface area contributed by atoms with Crippen LogP contribution < -0.4 is 10.6 Å². The Morgan fingerprint density at radius 3 is 2.51 bits per heavy atom. The molecular weight excluding hydrogens is 489 g/mol. The van der Waals surface area contributed by atoms with Crippen molar-refractivity contribution in [1.29, 1.82) is 5.26 Å². The molecule has 2 aliphatic heterocycles. The van der Waals surface area contributed by atoms with Gasteiger partial charge in [0.05, 0.1) is 12.1 Å². The van der Waals surface area contributed by atoms with Gasteiger partial charge in [-0.1, -0.05) is 34.6 Å². The fraction of sp³-hybridized carbons (Fsp3) is 0.720. The number of likely N-dealkylation sites (tertiary alicyclic amines) is 1. The molecule has 2 N–H and O–H groups in total. The molecule has 4 rings (SSSR count). The van der Waals surface area contributed by atoms with Crippen molar-refractivity contribution >= 4 is 17.7 Å². The van der Waals surface area contributed by atoms with E-state index in [0.29, 0.717) is 6.42 Å². The Hall–Kier alpha value is -3.10. The molecule has 3 heterocycles. The predicted octanol–water partition coefficient (Wildman–Crippen LogP) is 2.35. The molecule has 1 saturated carbocycles. The predicted molar refractivity (Wildman–Crippen MR) is 125 cm³/mol. The number of hydrogen-bond acceptors (Lipinski definition) is 5. The largest absolute Gasteiger partial charge is 0.471 e. The molecule has 0 spiro atoms. The van der Waals surface area contributed by atoms with E-state index in [-0.39, 0.29) is 29.8 Å². The fourth-order valence-electron chi connectivity index (χ4n) is 6.04. The number of fused-ring (bicyclic) bond motifs is 2. The van der Waals surface area contributed by atoms with Gasteiger partial charge in [-0.15, -0.1) is 0 Å². The maximum atomic E-state index is 13.6. The summed E-state index contributed by atoms with van der Waals surface area (Å²) in [6, 6.07) is 0.755. The summed E-state index contributed by atoms with van der Waals surface area (Å²) >= 11 is 0. The summed E-state index contributed by atoms with van der Waals surface area (Å²) in [4.78, 5) is 40.1. The highest BCUT2D eigenvalue weighted by Crippen LogP contribution is 2.65. The van der Waals surface area contributed by atoms with Crippen molar-refractivity contribution in [3.05, 3.63) is 18.0 Å². The molecule has 0 radical (unpaired) electrons. The molecule has 1 aromatic rings. The number of hydrogen-bond donors (Lipinski definition) is 2. The third kappa shape index (κ3) is 4.92. The van der Waals surface area contributed by atoms with Crippen LogP contribution in [-0.2, 0) is 20.8 Å². The van der Waals surface area contributed by atoms with Crippen LogP contribution >= 0.6 is 0 Å². The SMILES string of the molecule is CC1(C)C2CN(C(=O)[C@@H](NC(=O)C(F)(F)F)C(C)(C)C)C(C(=O)NC(C#N)CC3CCc4ccnn43)C21. The van der Waals surface area contributed by atoms with Crippen LogP contribution in [-0.4, -0.2) is 63.2 Å². The zero-order valence-corrected chi connectivity index (χ0v) is 21.6. The molecule has 6 atom stereocenters. The van der Waals surface area contributed by atoms with Gasteiger partial charge in [0, 0.05) is 24.9 Å². The van der Waals surface area contributed by atoms with Crippen molar-refractivity contribution in [2.24, 2.45) is 22.7 Å². The van der Waals surface area contributed by atoms with Crippen molar-refractivity contribution < 1.29 is 27.6 Å². The molecular formula is C25H33F3N6O3. The lowest BCUT2D eigenvalue weighted by Crippen LogP contribution is -2.61. The number of nitrogens with one attached hydrogen (secondary N) is 2. The number of halogens is 3. The van der Waals surface area contributed by atoms with Gasteiger partial charge in [0.1, 0.15) is 18.1 Å². The summed E-state index contributed by atoms with van der Waals surface area (Å²) in [6.45, 7) is 8.82. The number of nitrogens with zero attached hydrogens (tertiary/aromatic N) is 4. The van der Waals surface area contributed by atoms with Gasteiger partial charge in [-0.2, -0.15) is 23.5 Å². The average molecular weight is 523 g/mol. The maximum Gasteiger partial charge on any atom is 0.471 e. The van der Waals surface area contributed by atoms with E-state index < -0.39 is 47.4 Å². The number of amides is 3. The topological polar surface area (TPSA) is 120 Å². The molecule has 1 aliphatic carbocycles. The van der Waals surface area contributed by atoms with Crippen LogP contribution in [0.2, 0.25) is 0 Å². The second-order valence-corrected chi connectivity index (χ2v) is 12.0. The van der Waals surface area contributed by atoms with Gasteiger partial charge in [0.15, 0.2) is 0 Å². The van der Waals surface area contributed by atoms with Gasteiger partial charge >= 0.3 is 12.1 Å². The van der Waals surface area contributed by atoms with Gasteiger partial charge in [0.2, 0.25) is 11.8 Å². The van der Waals surface area contributed by atoms with Crippen LogP contribution in [0.15, 0.2) is 12.3 Å². The van der Waals surface area contributed by atoms with Crippen LogP contribution in [0, 0.1) is 34.0 Å². The molecule has 3 aliphatic rings. The minimum atomic E-state index is -5.15. The molecule has 1 aromatic heterocycles. The minimum Gasteiger partial charge on any atom is -0.338 e. The molecule has 0 aromatic carbocycles. The fourth-order valence-corrected chi connectivity index (χ4v) is 6.04. The summed E-state index contributed by atoms with van der Waals surface area (Å²) in [5.74, 6) is -3.65. The molecule has 9 nitrogen and oxygen atoms in total. The van der Waals surface area contributed by atoms with Crippen LogP contribution in [0.3, 0.4) is 0 Å². The quantitative estimate of drug-likeness (QED) is 0.594. The van der Waals surface area contributed by atoms with E-state index in [1.165, 1.54) is 4.90 Å². The zero-order valence-electron chi connectivity index (χ0n) is 21.6. The lowest BCUT2D eigenvalue weighted by molar-refractivity contribution is -0.176. The second-order valence-electron chi connectivity index (χ2n) is 12.0. The standard InChI is InChI=1S/C25H33F3N6O3/c1-23(2,3)19(32-22(37)25(26,27)28)21(36)33-12-16-17(24(16,4)5)18(33)20(35)31-13(11-29)10-15-7-6-14-8-9-30-34(14)15/h8-9,13,15-19H,6-7,10,12H2,1-5H3,(H,31,35)(H,32,37)/t13?,15?,16?,17?,18?,19-/m1/s1. The highest BCUT2D eigenvalue weighted by molar-refractivity contribution is 5.95. The van der Waals surface area contributed by atoms with Gasteiger partial charge in [-0.05, 0) is 41.6 Å². The Labute approximate surface area is 213 Å². The number of carbonyl (C=O) groups excluding carboxylic acids is 3. The number of piperidine rings is 1. The van der Waals surface area contributed by atoms with Crippen molar-refractivity contribution in [3.63, 3.8) is 0 Å². The van der Waals surface area contributed by atoms with E-state index in [1.807, 2.05) is 29.9 Å². The van der Waals surface area contributed by atoms with Crippen molar-refractivity contribution in [2.45, 2.75) is 84.2 Å². The zero-order chi connectivity index (χ0) is 27.5. The molecule has 202 valence electrons. The molecule has 37 heavy (non-hydrogen) atoms. The third-order valence-corrected chi connectivity index (χ3v) is 8.22. The van der Waals surface area contributed by atoms with Crippen LogP contribution in [0.4, 0.5) is 13.2 Å². The first-order chi connectivity index (χ1) is 17.1. The van der Waals surface area contributed by atoms with E-state index in [4.69, 9.17) is 0 Å². The monoisotopic (exact) mass is 522 g/mol. The van der Waals surface area contributed by atoms with Crippen molar-refractivity contribution in [2.75, 3.05) is 6.54 Å². The van der Waals surface area contributed by atoms with Crippen molar-refractivity contribution in [1.82, 2.24) is 25.3 Å². The Balaban J connectivity index is 1.52. The molecule has 12 heteroatoms. The van der Waals surface area contributed by atoms with E-state index in [2.05, 4.69) is 16.5 Å². The van der Waals surface area contributed by atoms with E-state index in [9.17, 15) is 32.8 Å². The Morgan fingerprint density at radius 2 is 1.92 bits per heavy atom. The Morgan fingerprint density at radius 1 is 1.24 bits per heavy atom. The summed E-state index contributed by atoms with van der Waals surface area (Å²) in [6.07, 6.45) is -1.47. The van der Waals surface area contributed by atoms with Crippen molar-refractivity contribution in [3.8, 4) is 6.07 Å². The van der Waals surface area contributed by atoms with Gasteiger partial charge in [-0.25, -0.2) is 0 Å². The van der Waals surface area contributed by atoms with E-state index in [1.54, 1.807) is 27.0 Å². The van der Waals surface area contributed by atoms with E-state index >= 15 is 0 Å². The second kappa shape index (κ2) is 9.03. The van der Waals surface area contributed by atoms with Gasteiger partial charge in [0.25, 0.3) is 0 Å². The molecule has 3 amide bonds. The van der Waals surface area contributed by atoms with Crippen LogP contribution in [0.25, 0.3) is 0 Å². The van der Waals surface area contributed by atoms with Gasteiger partial charge in [-0.3, -0.25) is 19.1 Å². The minimum absolute atomic E-state index is 0.00636. The third-order valence-electron chi connectivity index (χ3n) is 8.22. The number of alkyl halides is 3. The van der Waals surface area contributed by atoms with E-state index in [0.717, 1.165) is 18.5 Å². The Bertz CT molecular complexity index is 1130. The van der Waals surface area contributed by atoms with Gasteiger partial charge < -0.3 is 15.5 Å². The summed E-state index contributed by atoms with van der Waals surface area (Å²) < 4.78 is 40.9. The number of aromatic nitrogens is 2. The first-order valence-corrected chi connectivity index (χ1v) is 12.5. The molecule has 5 unspecified atom stereocenters. The Kier molecular flexibility index (Phi) is 6.57. The molecule has 2 fully saturated rings. The number of aryl methyl sites for hydroxylation is 1. The normalized spacial score (nSPS) is 27.5. The average Bonchev–Trinajstić information content (AvgIpc) is 3.29. The first kappa shape index (κ1) is 26.9. The van der Waals surface area contributed by atoms with Crippen LogP contribution in [0.1, 0.15) is 59.2 Å². The number of carbonyl (C=O) groups is 3.